The first kappa shape index (κ1) is 12.1. The van der Waals surface area contributed by atoms with Crippen molar-refractivity contribution in [3.8, 4) is 0 Å². The fourth-order valence-corrected chi connectivity index (χ4v) is 1.42. The molecule has 1 rings (SSSR count). The van der Waals surface area contributed by atoms with Crippen molar-refractivity contribution in [2.24, 2.45) is 0 Å². The molecular weight excluding hydrogens is 273 g/mol. The summed E-state index contributed by atoms with van der Waals surface area (Å²) in [5.74, 6) is 0. The van der Waals surface area contributed by atoms with Gasteiger partial charge in [-0.05, 0) is 23.8 Å². The van der Waals surface area contributed by atoms with Crippen molar-refractivity contribution in [1.29, 1.82) is 0 Å². The van der Waals surface area contributed by atoms with Crippen LogP contribution in [0.4, 0.5) is 13.2 Å². The van der Waals surface area contributed by atoms with Gasteiger partial charge in [0, 0.05) is 4.47 Å². The molecule has 0 bridgehead atoms. The maximum Gasteiger partial charge on any atom is 0.417 e. The molecule has 1 nitrogen and oxygen atoms in total. The largest absolute Gasteiger partial charge is 0.504 e. The van der Waals surface area contributed by atoms with E-state index in [0.717, 1.165) is 6.07 Å². The van der Waals surface area contributed by atoms with Crippen LogP contribution in [0.15, 0.2) is 28.9 Å². The van der Waals surface area contributed by atoms with E-state index in [-0.39, 0.29) is 5.56 Å². The first-order valence-corrected chi connectivity index (χ1v) is 4.80. The van der Waals surface area contributed by atoms with Crippen molar-refractivity contribution in [2.45, 2.75) is 6.18 Å². The van der Waals surface area contributed by atoms with Crippen molar-refractivity contribution in [2.75, 3.05) is 7.11 Å². The summed E-state index contributed by atoms with van der Waals surface area (Å²) >= 11 is 3.00. The number of methoxy groups -OCH3 is 1. The number of benzene rings is 1. The lowest BCUT2D eigenvalue weighted by Crippen LogP contribution is -2.07. The van der Waals surface area contributed by atoms with Gasteiger partial charge in [-0.25, -0.2) is 0 Å². The molecule has 0 N–H and O–H groups in total. The van der Waals surface area contributed by atoms with E-state index in [9.17, 15) is 13.2 Å². The third-order valence-electron chi connectivity index (χ3n) is 1.70. The highest BCUT2D eigenvalue weighted by atomic mass is 79.9. The molecule has 0 aliphatic carbocycles. The van der Waals surface area contributed by atoms with Gasteiger partial charge >= 0.3 is 6.18 Å². The topological polar surface area (TPSA) is 9.23 Å². The average molecular weight is 281 g/mol. The predicted octanol–water partition coefficient (Wildman–Crippen LogP) is 4.09. The van der Waals surface area contributed by atoms with Crippen molar-refractivity contribution in [3.05, 3.63) is 40.1 Å². The maximum atomic E-state index is 12.6. The lowest BCUT2D eigenvalue weighted by Gasteiger charge is -2.10. The van der Waals surface area contributed by atoms with Gasteiger partial charge in [0.15, 0.2) is 0 Å². The van der Waals surface area contributed by atoms with Crippen LogP contribution in [-0.2, 0) is 10.9 Å². The molecular formula is C10H8BrF3O. The minimum atomic E-state index is -4.36. The van der Waals surface area contributed by atoms with Crippen LogP contribution in [0, 0.1) is 0 Å². The van der Waals surface area contributed by atoms with Gasteiger partial charge in [0.25, 0.3) is 0 Å². The number of hydrogen-bond acceptors (Lipinski definition) is 1. The lowest BCUT2D eigenvalue weighted by atomic mass is 10.1. The zero-order valence-corrected chi connectivity index (χ0v) is 9.39. The minimum absolute atomic E-state index is 0.0764. The zero-order valence-electron chi connectivity index (χ0n) is 7.81. The first-order chi connectivity index (χ1) is 6.95. The number of rotatable bonds is 2. The molecule has 15 heavy (non-hydrogen) atoms. The van der Waals surface area contributed by atoms with Crippen LogP contribution in [0.2, 0.25) is 0 Å². The molecule has 0 radical (unpaired) electrons. The van der Waals surface area contributed by atoms with E-state index in [2.05, 4.69) is 20.7 Å². The smallest absolute Gasteiger partial charge is 0.417 e. The Kier molecular flexibility index (Phi) is 3.79. The summed E-state index contributed by atoms with van der Waals surface area (Å²) in [7, 11) is 1.38. The molecule has 0 saturated carbocycles. The molecule has 82 valence electrons. The van der Waals surface area contributed by atoms with Crippen molar-refractivity contribution in [1.82, 2.24) is 0 Å². The molecule has 0 atom stereocenters. The van der Waals surface area contributed by atoms with Gasteiger partial charge < -0.3 is 4.74 Å². The summed E-state index contributed by atoms with van der Waals surface area (Å²) in [6, 6.07) is 3.96. The monoisotopic (exact) mass is 280 g/mol. The molecule has 0 aliphatic rings. The van der Waals surface area contributed by atoms with E-state index < -0.39 is 11.7 Å². The Bertz CT molecular complexity index is 371. The minimum Gasteiger partial charge on any atom is -0.504 e. The van der Waals surface area contributed by atoms with Gasteiger partial charge in [-0.1, -0.05) is 22.0 Å². The molecule has 1 aromatic carbocycles. The summed E-state index contributed by atoms with van der Waals surface area (Å²) in [5, 5.41) is 0. The molecule has 1 aromatic rings. The Hall–Kier alpha value is -0.970. The second kappa shape index (κ2) is 4.70. The maximum absolute atomic E-state index is 12.6. The van der Waals surface area contributed by atoms with Crippen molar-refractivity contribution in [3.63, 3.8) is 0 Å². The van der Waals surface area contributed by atoms with Crippen LogP contribution in [0.5, 0.6) is 0 Å². The van der Waals surface area contributed by atoms with E-state index in [1.54, 1.807) is 6.07 Å². The van der Waals surface area contributed by atoms with Crippen LogP contribution < -0.4 is 0 Å². The third kappa shape index (κ3) is 3.27. The van der Waals surface area contributed by atoms with E-state index in [4.69, 9.17) is 0 Å². The lowest BCUT2D eigenvalue weighted by molar-refractivity contribution is -0.137. The number of alkyl halides is 3. The van der Waals surface area contributed by atoms with E-state index in [1.165, 1.54) is 25.5 Å². The average Bonchev–Trinajstić information content (AvgIpc) is 2.14. The van der Waals surface area contributed by atoms with Crippen molar-refractivity contribution < 1.29 is 17.9 Å². The summed E-state index contributed by atoms with van der Waals surface area (Å²) in [4.78, 5) is 0. The van der Waals surface area contributed by atoms with Crippen LogP contribution in [-0.4, -0.2) is 7.11 Å². The Balaban J connectivity index is 3.21. The fourth-order valence-electron chi connectivity index (χ4n) is 1.06. The van der Waals surface area contributed by atoms with Crippen molar-refractivity contribution >= 4 is 22.0 Å². The highest BCUT2D eigenvalue weighted by Crippen LogP contribution is 2.34. The highest BCUT2D eigenvalue weighted by molar-refractivity contribution is 9.10. The summed E-state index contributed by atoms with van der Waals surface area (Å²) in [6.07, 6.45) is -1.88. The standard InChI is InChI=1S/C10H8BrF3O/c1-15-5-4-7-2-3-8(11)6-9(7)10(12,13)14/h2-6H,1H3. The summed E-state index contributed by atoms with van der Waals surface area (Å²) in [5.41, 5.74) is -0.613. The van der Waals surface area contributed by atoms with Crippen LogP contribution in [0.1, 0.15) is 11.1 Å². The van der Waals surface area contributed by atoms with Gasteiger partial charge in [-0.15, -0.1) is 0 Å². The normalized spacial score (nSPS) is 12.1. The van der Waals surface area contributed by atoms with Crippen LogP contribution >= 0.6 is 15.9 Å². The molecule has 0 aromatic heterocycles. The molecule has 0 amide bonds. The Morgan fingerprint density at radius 1 is 1.33 bits per heavy atom. The number of ether oxygens (including phenoxy) is 1. The Labute approximate surface area is 93.7 Å². The van der Waals surface area contributed by atoms with E-state index in [0.29, 0.717) is 4.47 Å². The van der Waals surface area contributed by atoms with Gasteiger partial charge in [0.05, 0.1) is 18.9 Å². The van der Waals surface area contributed by atoms with E-state index >= 15 is 0 Å². The highest BCUT2D eigenvalue weighted by Gasteiger charge is 2.32. The molecule has 0 spiro atoms. The molecule has 0 aliphatic heterocycles. The second-order valence-electron chi connectivity index (χ2n) is 2.77. The summed E-state index contributed by atoms with van der Waals surface area (Å²) < 4.78 is 42.7. The van der Waals surface area contributed by atoms with Gasteiger partial charge in [-0.2, -0.15) is 13.2 Å². The predicted molar refractivity (Wildman–Crippen MR) is 55.2 cm³/mol. The molecule has 0 saturated heterocycles. The second-order valence-corrected chi connectivity index (χ2v) is 3.68. The molecule has 0 fully saturated rings. The SMILES string of the molecule is COC=Cc1ccc(Br)cc1C(F)(F)F. The number of hydrogen-bond donors (Lipinski definition) is 0. The van der Waals surface area contributed by atoms with Gasteiger partial charge in [0.2, 0.25) is 0 Å². The van der Waals surface area contributed by atoms with Crippen LogP contribution in [0.25, 0.3) is 6.08 Å². The van der Waals surface area contributed by atoms with Gasteiger partial charge in [0.1, 0.15) is 0 Å². The summed E-state index contributed by atoms with van der Waals surface area (Å²) in [6.45, 7) is 0. The molecule has 0 heterocycles. The van der Waals surface area contributed by atoms with Crippen LogP contribution in [0.3, 0.4) is 0 Å². The zero-order chi connectivity index (χ0) is 11.5. The Morgan fingerprint density at radius 2 is 2.00 bits per heavy atom. The molecule has 0 unspecified atom stereocenters. The van der Waals surface area contributed by atoms with Gasteiger partial charge in [-0.3, -0.25) is 0 Å². The molecule has 5 heteroatoms. The fraction of sp³-hybridized carbons (Fsp3) is 0.200. The Morgan fingerprint density at radius 3 is 2.53 bits per heavy atom. The quantitative estimate of drug-likeness (QED) is 0.742. The third-order valence-corrected chi connectivity index (χ3v) is 2.20. The van der Waals surface area contributed by atoms with E-state index in [1.807, 2.05) is 0 Å². The first-order valence-electron chi connectivity index (χ1n) is 4.01. The number of halogens is 4.